The number of imide groups is 1. The van der Waals surface area contributed by atoms with Gasteiger partial charge >= 0.3 is 0 Å². The molecular formula is C16H13NO5. The Balaban J connectivity index is 1.81. The molecule has 0 aliphatic carbocycles. The summed E-state index contributed by atoms with van der Waals surface area (Å²) < 4.78 is 0. The Morgan fingerprint density at radius 1 is 0.818 bits per heavy atom. The fourth-order valence-electron chi connectivity index (χ4n) is 2.46. The number of phenolic OH excluding ortho intramolecular Hbond substituents is 3. The molecule has 2 amide bonds. The molecule has 1 aliphatic heterocycles. The summed E-state index contributed by atoms with van der Waals surface area (Å²) in [5, 5.41) is 30.8. The average Bonchev–Trinajstić information content (AvgIpc) is 2.79. The standard InChI is InChI=1S/C16H13NO5/c18-12-6-4-9(13(19)14(12)20)3-1-8-2-5-10-11(7-8)16(22)17-15(10)21/h2,4-7,18-20H,1,3H2,(H,17,21,22). The largest absolute Gasteiger partial charge is 0.504 e. The fourth-order valence-corrected chi connectivity index (χ4v) is 2.46. The second-order valence-electron chi connectivity index (χ2n) is 5.10. The van der Waals surface area contributed by atoms with Crippen LogP contribution >= 0.6 is 0 Å². The van der Waals surface area contributed by atoms with Gasteiger partial charge in [-0.15, -0.1) is 0 Å². The van der Waals surface area contributed by atoms with Crippen molar-refractivity contribution in [3.8, 4) is 17.2 Å². The van der Waals surface area contributed by atoms with Crippen LogP contribution in [0.3, 0.4) is 0 Å². The fraction of sp³-hybridized carbons (Fsp3) is 0.125. The van der Waals surface area contributed by atoms with E-state index in [-0.39, 0.29) is 11.5 Å². The Bertz CT molecular complexity index is 797. The molecule has 4 N–H and O–H groups in total. The third-order valence-electron chi connectivity index (χ3n) is 3.70. The first-order valence-electron chi connectivity index (χ1n) is 6.68. The first-order valence-corrected chi connectivity index (χ1v) is 6.68. The third kappa shape index (κ3) is 2.24. The maximum absolute atomic E-state index is 11.6. The molecule has 0 spiro atoms. The van der Waals surface area contributed by atoms with Crippen molar-refractivity contribution < 1.29 is 24.9 Å². The minimum Gasteiger partial charge on any atom is -0.504 e. The molecule has 6 nitrogen and oxygen atoms in total. The van der Waals surface area contributed by atoms with Crippen molar-refractivity contribution in [2.24, 2.45) is 0 Å². The number of amides is 2. The third-order valence-corrected chi connectivity index (χ3v) is 3.70. The van der Waals surface area contributed by atoms with Crippen LogP contribution in [0.2, 0.25) is 0 Å². The molecule has 22 heavy (non-hydrogen) atoms. The number of aromatic hydroxyl groups is 3. The van der Waals surface area contributed by atoms with Crippen molar-refractivity contribution in [2.45, 2.75) is 12.8 Å². The highest BCUT2D eigenvalue weighted by Crippen LogP contribution is 2.37. The Hall–Kier alpha value is -3.02. The Morgan fingerprint density at radius 3 is 2.32 bits per heavy atom. The number of benzene rings is 2. The van der Waals surface area contributed by atoms with E-state index < -0.39 is 17.6 Å². The summed E-state index contributed by atoms with van der Waals surface area (Å²) in [7, 11) is 0. The second kappa shape index (κ2) is 5.07. The lowest BCUT2D eigenvalue weighted by molar-refractivity contribution is 0.0879. The highest BCUT2D eigenvalue weighted by Gasteiger charge is 2.26. The molecule has 3 rings (SSSR count). The van der Waals surface area contributed by atoms with Gasteiger partial charge in [-0.1, -0.05) is 12.1 Å². The topological polar surface area (TPSA) is 107 Å². The Labute approximate surface area is 125 Å². The van der Waals surface area contributed by atoms with E-state index >= 15 is 0 Å². The normalized spacial score (nSPS) is 13.1. The van der Waals surface area contributed by atoms with Crippen LogP contribution in [0, 0.1) is 0 Å². The molecule has 2 aromatic rings. The van der Waals surface area contributed by atoms with Crippen molar-refractivity contribution in [3.05, 3.63) is 52.6 Å². The summed E-state index contributed by atoms with van der Waals surface area (Å²) in [5.74, 6) is -2.08. The molecule has 0 atom stereocenters. The first kappa shape index (κ1) is 13.9. The second-order valence-corrected chi connectivity index (χ2v) is 5.10. The quantitative estimate of drug-likeness (QED) is 0.507. The Morgan fingerprint density at radius 2 is 1.55 bits per heavy atom. The van der Waals surface area contributed by atoms with Crippen LogP contribution in [0.15, 0.2) is 30.3 Å². The van der Waals surface area contributed by atoms with Gasteiger partial charge in [0.15, 0.2) is 11.5 Å². The summed E-state index contributed by atoms with van der Waals surface area (Å²) in [4.78, 5) is 23.1. The van der Waals surface area contributed by atoms with E-state index in [1.165, 1.54) is 12.1 Å². The van der Waals surface area contributed by atoms with Gasteiger partial charge in [-0.05, 0) is 42.2 Å². The van der Waals surface area contributed by atoms with Crippen LogP contribution in [0.25, 0.3) is 0 Å². The van der Waals surface area contributed by atoms with E-state index in [2.05, 4.69) is 5.32 Å². The molecule has 2 aromatic carbocycles. The molecule has 0 bridgehead atoms. The number of hydrogen-bond acceptors (Lipinski definition) is 5. The van der Waals surface area contributed by atoms with E-state index in [0.29, 0.717) is 29.5 Å². The van der Waals surface area contributed by atoms with Crippen molar-refractivity contribution in [2.75, 3.05) is 0 Å². The molecule has 6 heteroatoms. The Kier molecular flexibility index (Phi) is 3.21. The zero-order valence-electron chi connectivity index (χ0n) is 11.5. The van der Waals surface area contributed by atoms with Crippen LogP contribution in [0.4, 0.5) is 0 Å². The van der Waals surface area contributed by atoms with Gasteiger partial charge < -0.3 is 15.3 Å². The minimum absolute atomic E-state index is 0.347. The molecule has 112 valence electrons. The van der Waals surface area contributed by atoms with Gasteiger partial charge in [-0.2, -0.15) is 0 Å². The number of fused-ring (bicyclic) bond motifs is 1. The summed E-state index contributed by atoms with van der Waals surface area (Å²) in [6.07, 6.45) is 0.917. The van der Waals surface area contributed by atoms with Gasteiger partial charge in [0.2, 0.25) is 5.75 Å². The van der Waals surface area contributed by atoms with E-state index in [1.54, 1.807) is 18.2 Å². The number of phenols is 3. The van der Waals surface area contributed by atoms with Crippen LogP contribution in [0.5, 0.6) is 17.2 Å². The van der Waals surface area contributed by atoms with Crippen molar-refractivity contribution in [1.29, 1.82) is 0 Å². The van der Waals surface area contributed by atoms with Crippen molar-refractivity contribution in [1.82, 2.24) is 5.32 Å². The van der Waals surface area contributed by atoms with Gasteiger partial charge in [0, 0.05) is 0 Å². The molecule has 0 aromatic heterocycles. The highest BCUT2D eigenvalue weighted by atomic mass is 16.3. The number of aryl methyl sites for hydroxylation is 2. The SMILES string of the molecule is O=C1NC(=O)c2cc(CCc3ccc(O)c(O)c3O)ccc21. The molecule has 0 saturated heterocycles. The van der Waals surface area contributed by atoms with E-state index in [0.717, 1.165) is 5.56 Å². The predicted octanol–water partition coefficient (Wildman–Crippen LogP) is 1.47. The van der Waals surface area contributed by atoms with E-state index in [1.807, 2.05) is 0 Å². The summed E-state index contributed by atoms with van der Waals surface area (Å²) >= 11 is 0. The summed E-state index contributed by atoms with van der Waals surface area (Å²) in [5.41, 5.74) is 2.02. The highest BCUT2D eigenvalue weighted by molar-refractivity contribution is 6.21. The zero-order valence-corrected chi connectivity index (χ0v) is 11.5. The van der Waals surface area contributed by atoms with Crippen LogP contribution < -0.4 is 5.32 Å². The van der Waals surface area contributed by atoms with Crippen molar-refractivity contribution >= 4 is 11.8 Å². The lowest BCUT2D eigenvalue weighted by atomic mass is 9.99. The molecule has 0 fully saturated rings. The molecule has 1 aliphatic rings. The molecule has 0 saturated carbocycles. The monoisotopic (exact) mass is 299 g/mol. The average molecular weight is 299 g/mol. The molecule has 1 heterocycles. The van der Waals surface area contributed by atoms with E-state index in [9.17, 15) is 24.9 Å². The predicted molar refractivity (Wildman–Crippen MR) is 77.1 cm³/mol. The molecular weight excluding hydrogens is 286 g/mol. The number of carbonyl (C=O) groups excluding carboxylic acids is 2. The number of hydrogen-bond donors (Lipinski definition) is 4. The summed E-state index contributed by atoms with van der Waals surface area (Å²) in [6, 6.07) is 7.81. The van der Waals surface area contributed by atoms with Gasteiger partial charge in [0.25, 0.3) is 11.8 Å². The van der Waals surface area contributed by atoms with Crippen LogP contribution in [0.1, 0.15) is 31.8 Å². The van der Waals surface area contributed by atoms with Gasteiger partial charge in [-0.3, -0.25) is 14.9 Å². The molecule has 0 unspecified atom stereocenters. The minimum atomic E-state index is -0.545. The van der Waals surface area contributed by atoms with Crippen LogP contribution in [-0.2, 0) is 12.8 Å². The van der Waals surface area contributed by atoms with Gasteiger partial charge in [-0.25, -0.2) is 0 Å². The zero-order chi connectivity index (χ0) is 15.9. The molecule has 0 radical (unpaired) electrons. The lowest BCUT2D eigenvalue weighted by Gasteiger charge is -2.08. The summed E-state index contributed by atoms with van der Waals surface area (Å²) in [6.45, 7) is 0. The maximum Gasteiger partial charge on any atom is 0.258 e. The smallest absolute Gasteiger partial charge is 0.258 e. The van der Waals surface area contributed by atoms with Gasteiger partial charge in [0.05, 0.1) is 11.1 Å². The number of nitrogens with one attached hydrogen (secondary N) is 1. The number of carbonyl (C=O) groups is 2. The first-order chi connectivity index (χ1) is 10.5. The van der Waals surface area contributed by atoms with Gasteiger partial charge in [0.1, 0.15) is 0 Å². The van der Waals surface area contributed by atoms with Crippen molar-refractivity contribution in [3.63, 3.8) is 0 Å². The van der Waals surface area contributed by atoms with E-state index in [4.69, 9.17) is 0 Å². The lowest BCUT2D eigenvalue weighted by Crippen LogP contribution is -2.19. The maximum atomic E-state index is 11.6. The van der Waals surface area contributed by atoms with Crippen LogP contribution in [-0.4, -0.2) is 27.1 Å². The number of rotatable bonds is 3.